The third-order valence-electron chi connectivity index (χ3n) is 5.25. The summed E-state index contributed by atoms with van der Waals surface area (Å²) in [6, 6.07) is 22.3. The predicted molar refractivity (Wildman–Crippen MR) is 149 cm³/mol. The number of nitrogens with one attached hydrogen (secondary N) is 1. The van der Waals surface area contributed by atoms with Gasteiger partial charge in [0.25, 0.3) is 5.91 Å². The van der Waals surface area contributed by atoms with Crippen molar-refractivity contribution in [1.29, 1.82) is 0 Å². The molecule has 0 atom stereocenters. The van der Waals surface area contributed by atoms with E-state index in [9.17, 15) is 9.59 Å². The number of hydrogen-bond donors (Lipinski definition) is 1. The highest BCUT2D eigenvalue weighted by atomic mass is 32.2. The number of benzene rings is 3. The lowest BCUT2D eigenvalue weighted by atomic mass is 10.2. The molecule has 0 saturated carbocycles. The van der Waals surface area contributed by atoms with Crippen molar-refractivity contribution >= 4 is 29.9 Å². The summed E-state index contributed by atoms with van der Waals surface area (Å²) >= 11 is 1.24. The summed E-state index contributed by atoms with van der Waals surface area (Å²) in [6.07, 6.45) is 1.47. The number of amides is 1. The van der Waals surface area contributed by atoms with Crippen molar-refractivity contribution in [2.24, 2.45) is 5.10 Å². The van der Waals surface area contributed by atoms with Crippen molar-refractivity contribution < 1.29 is 23.8 Å². The standard InChI is InChI=1S/C28H27N5O5S/c1-4-37-23-13-11-22(12-14-23)33-27(21-8-6-5-7-9-21)31-32-28(33)39-18-26(35)30-29-17-20-10-15-24(38-19(2)34)25(16-20)36-3/h5-17H,4,18H2,1-3H3,(H,30,35)/b29-17-. The molecule has 0 fully saturated rings. The third-order valence-corrected chi connectivity index (χ3v) is 6.18. The zero-order valence-corrected chi connectivity index (χ0v) is 22.5. The predicted octanol–water partition coefficient (Wildman–Crippen LogP) is 4.51. The maximum absolute atomic E-state index is 12.5. The molecule has 0 spiro atoms. The number of hydrazone groups is 1. The highest BCUT2D eigenvalue weighted by Crippen LogP contribution is 2.29. The van der Waals surface area contributed by atoms with Gasteiger partial charge in [-0.25, -0.2) is 5.43 Å². The second kappa shape index (κ2) is 13.2. The molecule has 10 nitrogen and oxygen atoms in total. The molecule has 4 rings (SSSR count). The maximum atomic E-state index is 12.5. The van der Waals surface area contributed by atoms with Crippen LogP contribution in [0.4, 0.5) is 0 Å². The van der Waals surface area contributed by atoms with Crippen molar-refractivity contribution in [3.05, 3.63) is 78.4 Å². The Kier molecular flexibility index (Phi) is 9.30. The quantitative estimate of drug-likeness (QED) is 0.0962. The fourth-order valence-corrected chi connectivity index (χ4v) is 4.32. The molecular formula is C28H27N5O5S. The Morgan fingerprint density at radius 3 is 2.49 bits per heavy atom. The fraction of sp³-hybridized carbons (Fsp3) is 0.179. The van der Waals surface area contributed by atoms with Gasteiger partial charge in [-0.3, -0.25) is 14.2 Å². The van der Waals surface area contributed by atoms with Gasteiger partial charge < -0.3 is 14.2 Å². The van der Waals surface area contributed by atoms with Crippen LogP contribution in [0.2, 0.25) is 0 Å². The molecule has 0 unspecified atom stereocenters. The first-order valence-corrected chi connectivity index (χ1v) is 13.0. The van der Waals surface area contributed by atoms with Crippen LogP contribution in [-0.4, -0.2) is 52.3 Å². The molecule has 1 amide bonds. The van der Waals surface area contributed by atoms with Crippen LogP contribution in [0.5, 0.6) is 17.2 Å². The number of nitrogens with zero attached hydrogens (tertiary/aromatic N) is 4. The van der Waals surface area contributed by atoms with E-state index in [0.29, 0.717) is 34.7 Å². The van der Waals surface area contributed by atoms with Crippen molar-refractivity contribution in [2.45, 2.75) is 19.0 Å². The molecule has 4 aromatic rings. The molecular weight excluding hydrogens is 518 g/mol. The third kappa shape index (κ3) is 7.23. The highest BCUT2D eigenvalue weighted by Gasteiger charge is 2.17. The topological polar surface area (TPSA) is 117 Å². The van der Waals surface area contributed by atoms with Crippen molar-refractivity contribution in [3.63, 3.8) is 0 Å². The van der Waals surface area contributed by atoms with Gasteiger partial charge in [-0.15, -0.1) is 10.2 Å². The van der Waals surface area contributed by atoms with Gasteiger partial charge in [0.2, 0.25) is 0 Å². The Labute approximate surface area is 230 Å². The average Bonchev–Trinajstić information content (AvgIpc) is 3.37. The summed E-state index contributed by atoms with van der Waals surface area (Å²) in [5.74, 6) is 1.40. The summed E-state index contributed by atoms with van der Waals surface area (Å²) in [4.78, 5) is 23.8. The van der Waals surface area contributed by atoms with Gasteiger partial charge in [-0.05, 0) is 55.0 Å². The van der Waals surface area contributed by atoms with Gasteiger partial charge in [0, 0.05) is 18.2 Å². The molecule has 0 aliphatic heterocycles. The number of esters is 1. The van der Waals surface area contributed by atoms with Crippen LogP contribution in [0.15, 0.2) is 83.1 Å². The maximum Gasteiger partial charge on any atom is 0.308 e. The molecule has 0 bridgehead atoms. The molecule has 1 aromatic heterocycles. The number of carbonyl (C=O) groups excluding carboxylic acids is 2. The van der Waals surface area contributed by atoms with E-state index in [-0.39, 0.29) is 11.7 Å². The van der Waals surface area contributed by atoms with Crippen LogP contribution in [0.25, 0.3) is 17.1 Å². The number of rotatable bonds is 11. The number of hydrogen-bond acceptors (Lipinski definition) is 9. The molecule has 11 heteroatoms. The SMILES string of the molecule is CCOc1ccc(-n2c(SCC(=O)N/N=C\c3ccc(OC(C)=O)c(OC)c3)nnc2-c2ccccc2)cc1. The number of aromatic nitrogens is 3. The number of ether oxygens (including phenoxy) is 3. The van der Waals surface area contributed by atoms with Gasteiger partial charge in [-0.1, -0.05) is 42.1 Å². The van der Waals surface area contributed by atoms with E-state index in [0.717, 1.165) is 17.0 Å². The van der Waals surface area contributed by atoms with Gasteiger partial charge >= 0.3 is 5.97 Å². The highest BCUT2D eigenvalue weighted by molar-refractivity contribution is 7.99. The van der Waals surface area contributed by atoms with Crippen LogP contribution in [0.1, 0.15) is 19.4 Å². The number of methoxy groups -OCH3 is 1. The summed E-state index contributed by atoms with van der Waals surface area (Å²) in [5.41, 5.74) is 4.91. The van der Waals surface area contributed by atoms with Crippen LogP contribution in [0, 0.1) is 0 Å². The van der Waals surface area contributed by atoms with E-state index in [2.05, 4.69) is 20.7 Å². The minimum atomic E-state index is -0.450. The molecule has 1 heterocycles. The van der Waals surface area contributed by atoms with E-state index >= 15 is 0 Å². The fourth-order valence-electron chi connectivity index (χ4n) is 3.57. The number of carbonyl (C=O) groups is 2. The van der Waals surface area contributed by atoms with E-state index in [1.165, 1.54) is 32.0 Å². The van der Waals surface area contributed by atoms with Crippen LogP contribution < -0.4 is 19.6 Å². The zero-order chi connectivity index (χ0) is 27.6. The summed E-state index contributed by atoms with van der Waals surface area (Å²) in [6.45, 7) is 3.82. The van der Waals surface area contributed by atoms with E-state index in [1.807, 2.05) is 66.1 Å². The summed E-state index contributed by atoms with van der Waals surface area (Å²) in [5, 5.41) is 13.3. The Hall–Kier alpha value is -4.64. The van der Waals surface area contributed by atoms with Gasteiger partial charge in [-0.2, -0.15) is 5.10 Å². The monoisotopic (exact) mass is 545 g/mol. The smallest absolute Gasteiger partial charge is 0.308 e. The summed E-state index contributed by atoms with van der Waals surface area (Å²) < 4.78 is 17.8. The van der Waals surface area contributed by atoms with Crippen molar-refractivity contribution in [2.75, 3.05) is 19.5 Å². The minimum Gasteiger partial charge on any atom is -0.494 e. The van der Waals surface area contributed by atoms with E-state index in [4.69, 9.17) is 14.2 Å². The van der Waals surface area contributed by atoms with Crippen LogP contribution in [-0.2, 0) is 9.59 Å². The normalized spacial score (nSPS) is 10.8. The Morgan fingerprint density at radius 1 is 1.03 bits per heavy atom. The van der Waals surface area contributed by atoms with Crippen LogP contribution in [0.3, 0.4) is 0 Å². The van der Waals surface area contributed by atoms with Crippen LogP contribution >= 0.6 is 11.8 Å². The molecule has 200 valence electrons. The molecule has 1 N–H and O–H groups in total. The van der Waals surface area contributed by atoms with Gasteiger partial charge in [0.05, 0.1) is 25.7 Å². The average molecular weight is 546 g/mol. The van der Waals surface area contributed by atoms with E-state index < -0.39 is 5.97 Å². The molecule has 0 aliphatic carbocycles. The first kappa shape index (κ1) is 27.4. The molecule has 0 saturated heterocycles. The Morgan fingerprint density at radius 2 is 1.79 bits per heavy atom. The van der Waals surface area contributed by atoms with E-state index in [1.54, 1.807) is 18.2 Å². The largest absolute Gasteiger partial charge is 0.494 e. The molecule has 0 radical (unpaired) electrons. The van der Waals surface area contributed by atoms with Gasteiger partial charge in [0.1, 0.15) is 5.75 Å². The lowest BCUT2D eigenvalue weighted by Crippen LogP contribution is -2.20. The first-order chi connectivity index (χ1) is 19.0. The molecule has 3 aromatic carbocycles. The first-order valence-electron chi connectivity index (χ1n) is 12.0. The van der Waals surface area contributed by atoms with Crippen molar-refractivity contribution in [3.8, 4) is 34.3 Å². The zero-order valence-electron chi connectivity index (χ0n) is 21.7. The minimum absolute atomic E-state index is 0.0655. The summed E-state index contributed by atoms with van der Waals surface area (Å²) in [7, 11) is 1.47. The second-order valence-electron chi connectivity index (χ2n) is 8.02. The number of thioether (sulfide) groups is 1. The second-order valence-corrected chi connectivity index (χ2v) is 8.96. The lowest BCUT2D eigenvalue weighted by molar-refractivity contribution is -0.132. The molecule has 39 heavy (non-hydrogen) atoms. The lowest BCUT2D eigenvalue weighted by Gasteiger charge is -2.11. The molecule has 0 aliphatic rings. The Bertz CT molecular complexity index is 1460. The Balaban J connectivity index is 1.46. The van der Waals surface area contributed by atoms with Crippen molar-refractivity contribution in [1.82, 2.24) is 20.2 Å². The van der Waals surface area contributed by atoms with Gasteiger partial charge in [0.15, 0.2) is 22.5 Å².